The molecule has 11 heteroatoms. The van der Waals surface area contributed by atoms with Crippen LogP contribution in [-0.2, 0) is 32.0 Å². The molecule has 1 aliphatic carbocycles. The molecule has 2 atom stereocenters. The molecule has 42 heavy (non-hydrogen) atoms. The monoisotopic (exact) mass is 576 g/mol. The van der Waals surface area contributed by atoms with Gasteiger partial charge in [-0.05, 0) is 56.9 Å². The van der Waals surface area contributed by atoms with Crippen LogP contribution in [0, 0.1) is 16.0 Å². The number of hydrogen-bond acceptors (Lipinski definition) is 9. The van der Waals surface area contributed by atoms with Gasteiger partial charge in [-0.15, -0.1) is 0 Å². The van der Waals surface area contributed by atoms with Gasteiger partial charge in [0.25, 0.3) is 5.69 Å². The van der Waals surface area contributed by atoms with Gasteiger partial charge in [0.15, 0.2) is 0 Å². The number of esters is 2. The Balaban J connectivity index is 1.72. The molecule has 0 saturated carbocycles. The van der Waals surface area contributed by atoms with Crippen LogP contribution in [0.1, 0.15) is 60.3 Å². The molecule has 1 amide bonds. The highest BCUT2D eigenvalue weighted by atomic mass is 16.6. The number of nitro benzene ring substituents is 1. The number of hydrogen-bond donors (Lipinski definition) is 1. The van der Waals surface area contributed by atoms with Crippen molar-refractivity contribution in [1.82, 2.24) is 5.32 Å². The van der Waals surface area contributed by atoms with Gasteiger partial charge in [-0.2, -0.15) is 0 Å². The normalized spacial score (nSPS) is 16.0. The number of ether oxygens (including phenoxy) is 4. The number of benzene rings is 3. The van der Waals surface area contributed by atoms with Gasteiger partial charge in [-0.3, -0.25) is 14.9 Å². The summed E-state index contributed by atoms with van der Waals surface area (Å²) in [5.74, 6) is -1.83. The second-order valence-corrected chi connectivity index (χ2v) is 10.7. The molecule has 3 aromatic carbocycles. The highest BCUT2D eigenvalue weighted by Crippen LogP contribution is 2.43. The molecule has 4 rings (SSSR count). The molecule has 220 valence electrons. The highest BCUT2D eigenvalue weighted by Gasteiger charge is 2.39. The fourth-order valence-corrected chi connectivity index (χ4v) is 4.74. The minimum absolute atomic E-state index is 0.00303. The maximum Gasteiger partial charge on any atom is 0.408 e. The van der Waals surface area contributed by atoms with Crippen molar-refractivity contribution >= 4 is 23.7 Å². The van der Waals surface area contributed by atoms with Gasteiger partial charge in [0.05, 0.1) is 24.0 Å². The van der Waals surface area contributed by atoms with E-state index in [2.05, 4.69) is 5.32 Å². The standard InChI is InChI=1S/C31H32N2O9/c1-31(2,3)42-30(36)32-27-22(28(34)39-4)15-13-20-11-8-12-25(26(20)27)41-24-16-14-21(33(37)38)17-23(24)29(35)40-18-19-9-6-5-7-10-19/h5-12,14,16-17,22,27H,13,15,18H2,1-4H3,(H,32,36)/t22?,27-/m0/s1. The molecule has 0 saturated heterocycles. The third-order valence-corrected chi connectivity index (χ3v) is 6.60. The van der Waals surface area contributed by atoms with Crippen LogP contribution in [0.5, 0.6) is 11.5 Å². The highest BCUT2D eigenvalue weighted by molar-refractivity contribution is 5.93. The number of carbonyl (C=O) groups excluding carboxylic acids is 3. The Bertz CT molecular complexity index is 1480. The van der Waals surface area contributed by atoms with Crippen molar-refractivity contribution in [3.63, 3.8) is 0 Å². The average molecular weight is 577 g/mol. The quantitative estimate of drug-likeness (QED) is 0.147. The van der Waals surface area contributed by atoms with Crippen LogP contribution in [0.15, 0.2) is 66.7 Å². The Morgan fingerprint density at radius 2 is 1.74 bits per heavy atom. The maximum atomic E-state index is 13.2. The van der Waals surface area contributed by atoms with E-state index in [9.17, 15) is 24.5 Å². The molecule has 0 spiro atoms. The summed E-state index contributed by atoms with van der Waals surface area (Å²) in [6.07, 6.45) is 0.160. The summed E-state index contributed by atoms with van der Waals surface area (Å²) in [6, 6.07) is 17.0. The fraction of sp³-hybridized carbons (Fsp3) is 0.323. The lowest BCUT2D eigenvalue weighted by atomic mass is 9.79. The van der Waals surface area contributed by atoms with Crippen molar-refractivity contribution < 1.29 is 38.3 Å². The average Bonchev–Trinajstić information content (AvgIpc) is 2.95. The number of methoxy groups -OCH3 is 1. The van der Waals surface area contributed by atoms with Gasteiger partial charge in [-0.25, -0.2) is 9.59 Å². The van der Waals surface area contributed by atoms with Crippen LogP contribution < -0.4 is 10.1 Å². The number of nitrogens with one attached hydrogen (secondary N) is 1. The Labute approximate surface area is 242 Å². The molecule has 0 heterocycles. The molecular formula is C31H32N2O9. The van der Waals surface area contributed by atoms with E-state index < -0.39 is 40.5 Å². The van der Waals surface area contributed by atoms with E-state index in [1.54, 1.807) is 57.2 Å². The van der Waals surface area contributed by atoms with E-state index in [0.29, 0.717) is 18.4 Å². The topological polar surface area (TPSA) is 143 Å². The van der Waals surface area contributed by atoms with Crippen LogP contribution in [0.2, 0.25) is 0 Å². The van der Waals surface area contributed by atoms with Crippen molar-refractivity contribution in [2.45, 2.75) is 51.9 Å². The predicted molar refractivity (Wildman–Crippen MR) is 151 cm³/mol. The molecule has 0 aliphatic heterocycles. The smallest absolute Gasteiger partial charge is 0.408 e. The van der Waals surface area contributed by atoms with Gasteiger partial charge in [-0.1, -0.05) is 42.5 Å². The molecule has 0 radical (unpaired) electrons. The van der Waals surface area contributed by atoms with Crippen LogP contribution in [0.3, 0.4) is 0 Å². The van der Waals surface area contributed by atoms with E-state index in [4.69, 9.17) is 18.9 Å². The maximum absolute atomic E-state index is 13.2. The molecule has 11 nitrogen and oxygen atoms in total. The number of fused-ring (bicyclic) bond motifs is 1. The zero-order chi connectivity index (χ0) is 30.4. The van der Waals surface area contributed by atoms with Gasteiger partial charge < -0.3 is 24.3 Å². The Morgan fingerprint density at radius 1 is 1.00 bits per heavy atom. The van der Waals surface area contributed by atoms with E-state index in [1.165, 1.54) is 19.2 Å². The Hall–Kier alpha value is -4.93. The summed E-state index contributed by atoms with van der Waals surface area (Å²) in [4.78, 5) is 49.7. The summed E-state index contributed by atoms with van der Waals surface area (Å²) in [5, 5.41) is 14.3. The number of carbonyl (C=O) groups is 3. The van der Waals surface area contributed by atoms with Gasteiger partial charge in [0.2, 0.25) is 0 Å². The summed E-state index contributed by atoms with van der Waals surface area (Å²) in [5.41, 5.74) is 0.789. The zero-order valence-electron chi connectivity index (χ0n) is 23.7. The minimum Gasteiger partial charge on any atom is -0.469 e. The number of nitro groups is 1. The molecule has 0 fully saturated rings. The first-order valence-electron chi connectivity index (χ1n) is 13.3. The summed E-state index contributed by atoms with van der Waals surface area (Å²) >= 11 is 0. The first-order valence-corrected chi connectivity index (χ1v) is 13.3. The van der Waals surface area contributed by atoms with E-state index in [1.807, 2.05) is 12.1 Å². The van der Waals surface area contributed by atoms with Crippen molar-refractivity contribution in [3.8, 4) is 11.5 Å². The molecule has 0 bridgehead atoms. The lowest BCUT2D eigenvalue weighted by Crippen LogP contribution is -2.42. The second-order valence-electron chi connectivity index (χ2n) is 10.7. The lowest BCUT2D eigenvalue weighted by molar-refractivity contribution is -0.384. The van der Waals surface area contributed by atoms with E-state index in [0.717, 1.165) is 17.2 Å². The Kier molecular flexibility index (Phi) is 9.09. The van der Waals surface area contributed by atoms with Crippen molar-refractivity contribution in [2.24, 2.45) is 5.92 Å². The second kappa shape index (κ2) is 12.7. The first kappa shape index (κ1) is 30.0. The minimum atomic E-state index is -0.876. The van der Waals surface area contributed by atoms with Crippen molar-refractivity contribution in [3.05, 3.63) is 99.1 Å². The third kappa shape index (κ3) is 7.22. The molecule has 1 unspecified atom stereocenters. The van der Waals surface area contributed by atoms with E-state index >= 15 is 0 Å². The molecule has 0 aromatic heterocycles. The molecular weight excluding hydrogens is 544 g/mol. The van der Waals surface area contributed by atoms with Crippen LogP contribution >= 0.6 is 0 Å². The number of nitrogens with zero attached hydrogens (tertiary/aromatic N) is 1. The SMILES string of the molecule is COC(=O)C1CCc2cccc(Oc3ccc([N+](=O)[O-])cc3C(=O)OCc3ccccc3)c2[C@H]1NC(=O)OC(C)(C)C. The number of alkyl carbamates (subject to hydrolysis) is 1. The summed E-state index contributed by atoms with van der Waals surface area (Å²) < 4.78 is 22.2. The Morgan fingerprint density at radius 3 is 2.40 bits per heavy atom. The predicted octanol–water partition coefficient (Wildman–Crippen LogP) is 6.05. The first-order chi connectivity index (χ1) is 20.0. The van der Waals surface area contributed by atoms with Gasteiger partial charge in [0.1, 0.15) is 29.3 Å². The van der Waals surface area contributed by atoms with Crippen LogP contribution in [0.4, 0.5) is 10.5 Å². The fourth-order valence-electron chi connectivity index (χ4n) is 4.74. The third-order valence-electron chi connectivity index (χ3n) is 6.60. The zero-order valence-corrected chi connectivity index (χ0v) is 23.7. The lowest BCUT2D eigenvalue weighted by Gasteiger charge is -2.34. The number of amides is 1. The summed E-state index contributed by atoms with van der Waals surface area (Å²) in [6.45, 7) is 5.12. The molecule has 1 N–H and O–H groups in total. The number of rotatable bonds is 8. The van der Waals surface area contributed by atoms with Crippen LogP contribution in [-0.4, -0.2) is 35.7 Å². The molecule has 3 aromatic rings. The number of aryl methyl sites for hydroxylation is 1. The van der Waals surface area contributed by atoms with Gasteiger partial charge >= 0.3 is 18.0 Å². The van der Waals surface area contributed by atoms with Gasteiger partial charge in [0, 0.05) is 17.7 Å². The van der Waals surface area contributed by atoms with Crippen molar-refractivity contribution in [2.75, 3.05) is 7.11 Å². The van der Waals surface area contributed by atoms with Crippen LogP contribution in [0.25, 0.3) is 0 Å². The van der Waals surface area contributed by atoms with E-state index in [-0.39, 0.29) is 29.4 Å². The summed E-state index contributed by atoms with van der Waals surface area (Å²) in [7, 11) is 1.27. The number of non-ortho nitro benzene ring substituents is 1. The largest absolute Gasteiger partial charge is 0.469 e. The molecule has 1 aliphatic rings. The van der Waals surface area contributed by atoms with Crippen molar-refractivity contribution in [1.29, 1.82) is 0 Å².